The first kappa shape index (κ1) is 21.3. The number of hydrogen-bond donors (Lipinski definition) is 1. The number of rotatable bonds is 5. The van der Waals surface area contributed by atoms with Crippen molar-refractivity contribution in [1.82, 2.24) is 14.2 Å². The highest BCUT2D eigenvalue weighted by Gasteiger charge is 2.33. The first-order valence-corrected chi connectivity index (χ1v) is 11.1. The molecule has 31 heavy (non-hydrogen) atoms. The molecule has 1 fully saturated rings. The normalized spacial score (nSPS) is 15.8. The van der Waals surface area contributed by atoms with E-state index in [4.69, 9.17) is 0 Å². The molecule has 1 aliphatic rings. The van der Waals surface area contributed by atoms with Crippen LogP contribution < -0.4 is 5.32 Å². The Morgan fingerprint density at radius 1 is 0.968 bits per heavy atom. The summed E-state index contributed by atoms with van der Waals surface area (Å²) in [7, 11) is -4.30. The number of aromatic nitrogens is 1. The highest BCUT2D eigenvalue weighted by atomic mass is 32.2. The molecule has 0 aliphatic carbocycles. The molecule has 0 atom stereocenters. The molecule has 1 aliphatic heterocycles. The molecular formula is C21H20F2N4O3S. The van der Waals surface area contributed by atoms with Crippen molar-refractivity contribution in [3.63, 3.8) is 0 Å². The van der Waals surface area contributed by atoms with Crippen molar-refractivity contribution in [2.75, 3.05) is 38.0 Å². The summed E-state index contributed by atoms with van der Waals surface area (Å²) in [5.41, 5.74) is 1.41. The zero-order chi connectivity index (χ0) is 22.0. The molecule has 7 nitrogen and oxygen atoms in total. The van der Waals surface area contributed by atoms with Gasteiger partial charge in [-0.15, -0.1) is 0 Å². The molecule has 1 saturated heterocycles. The number of halogens is 2. The van der Waals surface area contributed by atoms with Crippen LogP contribution in [-0.4, -0.2) is 61.2 Å². The first-order chi connectivity index (χ1) is 14.9. The van der Waals surface area contributed by atoms with Gasteiger partial charge < -0.3 is 5.32 Å². The highest BCUT2D eigenvalue weighted by Crippen LogP contribution is 2.24. The number of hydrogen-bond acceptors (Lipinski definition) is 5. The summed E-state index contributed by atoms with van der Waals surface area (Å²) in [6, 6.07) is 12.0. The fourth-order valence-electron chi connectivity index (χ4n) is 3.59. The van der Waals surface area contributed by atoms with Gasteiger partial charge in [0.15, 0.2) is 4.90 Å². The molecule has 2 aromatic carbocycles. The van der Waals surface area contributed by atoms with Crippen LogP contribution in [0.15, 0.2) is 59.6 Å². The summed E-state index contributed by atoms with van der Waals surface area (Å²) in [6.45, 7) is 0.654. The number of nitrogens with zero attached hydrogens (tertiary/aromatic N) is 3. The summed E-state index contributed by atoms with van der Waals surface area (Å²) in [5.74, 6) is -2.48. The monoisotopic (exact) mass is 446 g/mol. The van der Waals surface area contributed by atoms with E-state index in [0.717, 1.165) is 33.4 Å². The Morgan fingerprint density at radius 3 is 2.35 bits per heavy atom. The van der Waals surface area contributed by atoms with E-state index in [0.29, 0.717) is 5.69 Å². The average molecular weight is 446 g/mol. The Morgan fingerprint density at radius 2 is 1.65 bits per heavy atom. The van der Waals surface area contributed by atoms with Gasteiger partial charge in [-0.2, -0.15) is 4.31 Å². The smallest absolute Gasteiger partial charge is 0.249 e. The largest absolute Gasteiger partial charge is 0.324 e. The van der Waals surface area contributed by atoms with Gasteiger partial charge in [0.1, 0.15) is 11.6 Å². The molecule has 162 valence electrons. The number of piperazine rings is 1. The van der Waals surface area contributed by atoms with Crippen LogP contribution in [0.1, 0.15) is 0 Å². The van der Waals surface area contributed by atoms with Crippen molar-refractivity contribution in [3.05, 3.63) is 66.4 Å². The Balaban J connectivity index is 1.38. The Labute approximate surface area is 178 Å². The third-order valence-electron chi connectivity index (χ3n) is 5.14. The second-order valence-electron chi connectivity index (χ2n) is 7.15. The van der Waals surface area contributed by atoms with Gasteiger partial charge in [0.05, 0.1) is 17.7 Å². The number of fused-ring (bicyclic) bond motifs is 1. The average Bonchev–Trinajstić information content (AvgIpc) is 2.74. The lowest BCUT2D eigenvalue weighted by atomic mass is 10.2. The van der Waals surface area contributed by atoms with Crippen molar-refractivity contribution >= 4 is 32.5 Å². The summed E-state index contributed by atoms with van der Waals surface area (Å²) < 4.78 is 54.3. The zero-order valence-corrected chi connectivity index (χ0v) is 17.3. The number of sulfonamides is 1. The summed E-state index contributed by atoms with van der Waals surface area (Å²) >= 11 is 0. The molecule has 10 heteroatoms. The summed E-state index contributed by atoms with van der Waals surface area (Å²) in [4.78, 5) is 17.6. The lowest BCUT2D eigenvalue weighted by Crippen LogP contribution is -2.50. The molecular weight excluding hydrogens is 426 g/mol. The minimum atomic E-state index is -4.30. The van der Waals surface area contributed by atoms with Crippen molar-refractivity contribution in [1.29, 1.82) is 0 Å². The first-order valence-electron chi connectivity index (χ1n) is 9.66. The Kier molecular flexibility index (Phi) is 5.94. The van der Waals surface area contributed by atoms with Crippen LogP contribution >= 0.6 is 0 Å². The Hall–Kier alpha value is -2.95. The fraction of sp³-hybridized carbons (Fsp3) is 0.238. The van der Waals surface area contributed by atoms with E-state index in [2.05, 4.69) is 10.3 Å². The van der Waals surface area contributed by atoms with E-state index in [1.165, 1.54) is 0 Å². The molecule has 0 bridgehead atoms. The minimum absolute atomic E-state index is 0.0293. The number of anilines is 1. The molecule has 1 amide bonds. The number of amides is 1. The van der Waals surface area contributed by atoms with E-state index < -0.39 is 26.6 Å². The van der Waals surface area contributed by atoms with Gasteiger partial charge in [-0.25, -0.2) is 17.2 Å². The van der Waals surface area contributed by atoms with Crippen LogP contribution in [0, 0.1) is 11.6 Å². The lowest BCUT2D eigenvalue weighted by molar-refractivity contribution is -0.117. The van der Waals surface area contributed by atoms with Gasteiger partial charge in [0, 0.05) is 37.8 Å². The van der Waals surface area contributed by atoms with Gasteiger partial charge in [0.2, 0.25) is 15.9 Å². The van der Waals surface area contributed by atoms with Gasteiger partial charge in [0.25, 0.3) is 0 Å². The number of pyridine rings is 1. The van der Waals surface area contributed by atoms with E-state index in [1.807, 2.05) is 12.1 Å². The minimum Gasteiger partial charge on any atom is -0.324 e. The number of benzene rings is 2. The second-order valence-corrected chi connectivity index (χ2v) is 9.03. The van der Waals surface area contributed by atoms with Gasteiger partial charge in [-0.1, -0.05) is 12.1 Å². The summed E-state index contributed by atoms with van der Waals surface area (Å²) in [6.07, 6.45) is 1.68. The number of carbonyl (C=O) groups is 1. The maximum Gasteiger partial charge on any atom is 0.249 e. The number of carbonyl (C=O) groups excluding carboxylic acids is 1. The summed E-state index contributed by atoms with van der Waals surface area (Å²) in [5, 5.41) is 3.68. The van der Waals surface area contributed by atoms with Crippen LogP contribution in [0.25, 0.3) is 10.9 Å². The third kappa shape index (κ3) is 4.41. The maximum atomic E-state index is 14.0. The van der Waals surface area contributed by atoms with E-state index in [1.54, 1.807) is 29.3 Å². The topological polar surface area (TPSA) is 82.6 Å². The standard InChI is InChI=1S/C21H20F2N4O3S/c22-16-5-1-6-17(23)21(16)31(29,30)27-12-10-26(11-13-27)14-20(28)25-19-8-2-7-18-15(19)4-3-9-24-18/h1-9H,10-14H2,(H,25,28). The molecule has 0 saturated carbocycles. The number of nitrogens with one attached hydrogen (secondary N) is 1. The van der Waals surface area contributed by atoms with E-state index in [-0.39, 0.29) is 38.6 Å². The van der Waals surface area contributed by atoms with Crippen LogP contribution in [-0.2, 0) is 14.8 Å². The van der Waals surface area contributed by atoms with Crippen LogP contribution in [0.4, 0.5) is 14.5 Å². The molecule has 1 N–H and O–H groups in total. The Bertz CT molecular complexity index is 1200. The molecule has 3 aromatic rings. The molecule has 0 unspecified atom stereocenters. The fourth-order valence-corrected chi connectivity index (χ4v) is 5.12. The zero-order valence-electron chi connectivity index (χ0n) is 16.5. The van der Waals surface area contributed by atoms with Gasteiger partial charge >= 0.3 is 0 Å². The molecule has 1 aromatic heterocycles. The van der Waals surface area contributed by atoms with Crippen molar-refractivity contribution < 1.29 is 22.0 Å². The predicted molar refractivity (Wildman–Crippen MR) is 112 cm³/mol. The lowest BCUT2D eigenvalue weighted by Gasteiger charge is -2.33. The van der Waals surface area contributed by atoms with Crippen LogP contribution in [0.2, 0.25) is 0 Å². The SMILES string of the molecule is O=C(CN1CCN(S(=O)(=O)c2c(F)cccc2F)CC1)Nc1cccc2ncccc12. The predicted octanol–water partition coefficient (Wildman–Crippen LogP) is 2.46. The maximum absolute atomic E-state index is 14.0. The third-order valence-corrected chi connectivity index (χ3v) is 7.09. The van der Waals surface area contributed by atoms with Crippen LogP contribution in [0.5, 0.6) is 0 Å². The quantitative estimate of drug-likeness (QED) is 0.651. The highest BCUT2D eigenvalue weighted by molar-refractivity contribution is 7.89. The van der Waals surface area contributed by atoms with Crippen LogP contribution in [0.3, 0.4) is 0 Å². The molecule has 2 heterocycles. The van der Waals surface area contributed by atoms with Crippen molar-refractivity contribution in [2.24, 2.45) is 0 Å². The molecule has 0 radical (unpaired) electrons. The molecule has 0 spiro atoms. The van der Waals surface area contributed by atoms with Gasteiger partial charge in [-0.05, 0) is 36.4 Å². The van der Waals surface area contributed by atoms with Crippen molar-refractivity contribution in [2.45, 2.75) is 4.90 Å². The molecule has 4 rings (SSSR count). The van der Waals surface area contributed by atoms with E-state index in [9.17, 15) is 22.0 Å². The second kappa shape index (κ2) is 8.66. The van der Waals surface area contributed by atoms with Crippen molar-refractivity contribution in [3.8, 4) is 0 Å². The van der Waals surface area contributed by atoms with Gasteiger partial charge in [-0.3, -0.25) is 14.7 Å². The van der Waals surface area contributed by atoms with E-state index >= 15 is 0 Å².